The number of likely N-dealkylation sites (tertiary alicyclic amines) is 1. The summed E-state index contributed by atoms with van der Waals surface area (Å²) in [7, 11) is 0. The average Bonchev–Trinajstić information content (AvgIpc) is 3.21. The van der Waals surface area contributed by atoms with E-state index in [1.807, 2.05) is 26.8 Å². The molecule has 3 N–H and O–H groups in total. The Kier molecular flexibility index (Phi) is 4.34. The number of rotatable bonds is 3. The quantitative estimate of drug-likeness (QED) is 0.663. The number of carbonyl (C=O) groups is 3. The fourth-order valence-electron chi connectivity index (χ4n) is 4.98. The molecule has 0 aliphatic carbocycles. The Labute approximate surface area is 168 Å². The van der Waals surface area contributed by atoms with Crippen molar-refractivity contribution in [3.05, 3.63) is 28.3 Å². The van der Waals surface area contributed by atoms with E-state index in [1.165, 1.54) is 4.90 Å². The van der Waals surface area contributed by atoms with Gasteiger partial charge in [-0.05, 0) is 38.8 Å². The second kappa shape index (κ2) is 6.27. The van der Waals surface area contributed by atoms with Crippen LogP contribution in [0.25, 0.3) is 0 Å². The van der Waals surface area contributed by atoms with Crippen LogP contribution in [0.4, 0.5) is 5.69 Å². The summed E-state index contributed by atoms with van der Waals surface area (Å²) in [6.07, 6.45) is -0.303. The van der Waals surface area contributed by atoms with Gasteiger partial charge >= 0.3 is 0 Å². The third kappa shape index (κ3) is 2.27. The summed E-state index contributed by atoms with van der Waals surface area (Å²) in [5.41, 5.74) is 0.436. The number of aliphatic hydroxyl groups is 1. The molecular weight excluding hydrogens is 382 g/mol. The summed E-state index contributed by atoms with van der Waals surface area (Å²) >= 11 is 6.36. The van der Waals surface area contributed by atoms with Crippen LogP contribution in [0.1, 0.15) is 38.3 Å². The van der Waals surface area contributed by atoms with E-state index in [0.717, 1.165) is 5.56 Å². The summed E-state index contributed by atoms with van der Waals surface area (Å²) in [4.78, 5) is 41.1. The number of aliphatic hydroxyl groups excluding tert-OH is 1. The SMILES string of the molecule is CC[C@H](C)N1C(=O)[C@@H]2[C@@H]([C@H](C)O)N[C@@]3(C(=O)Nc4c(Cl)cc(C)cc43)[C@@H]2C1=O. The largest absolute Gasteiger partial charge is 0.392 e. The molecule has 0 aromatic heterocycles. The van der Waals surface area contributed by atoms with Gasteiger partial charge < -0.3 is 10.4 Å². The van der Waals surface area contributed by atoms with Crippen LogP contribution in [0, 0.1) is 18.8 Å². The van der Waals surface area contributed by atoms with Crippen LogP contribution in [-0.2, 0) is 19.9 Å². The van der Waals surface area contributed by atoms with Crippen LogP contribution >= 0.6 is 11.6 Å². The average molecular weight is 406 g/mol. The Morgan fingerprint density at radius 2 is 1.93 bits per heavy atom. The number of hydrogen-bond acceptors (Lipinski definition) is 5. The first-order valence-electron chi connectivity index (χ1n) is 9.59. The summed E-state index contributed by atoms with van der Waals surface area (Å²) in [6.45, 7) is 7.14. The Hall–Kier alpha value is -1.96. The van der Waals surface area contributed by atoms with E-state index in [0.29, 0.717) is 22.7 Å². The van der Waals surface area contributed by atoms with Crippen LogP contribution in [0.2, 0.25) is 5.02 Å². The lowest BCUT2D eigenvalue weighted by Crippen LogP contribution is -2.55. The third-order valence-corrected chi connectivity index (χ3v) is 6.74. The zero-order valence-corrected chi connectivity index (χ0v) is 17.0. The summed E-state index contributed by atoms with van der Waals surface area (Å²) in [5.74, 6) is -2.86. The zero-order valence-electron chi connectivity index (χ0n) is 16.2. The standard InChI is InChI=1S/C20H24ClN3O4/c1-5-9(3)24-17(26)13-14(18(24)27)20(23-15(13)10(4)25)11-6-8(2)7-12(21)16(11)22-19(20)28/h6-7,9-10,13-15,23,25H,5H2,1-4H3,(H,22,28)/t9-,10-,13-,14-,15+,20+/m0/s1. The first-order chi connectivity index (χ1) is 13.1. The van der Waals surface area contributed by atoms with Gasteiger partial charge in [-0.15, -0.1) is 0 Å². The number of nitrogens with one attached hydrogen (secondary N) is 2. The van der Waals surface area contributed by atoms with Crippen molar-refractivity contribution >= 4 is 35.0 Å². The molecule has 8 heteroatoms. The topological polar surface area (TPSA) is 98.7 Å². The Morgan fingerprint density at radius 1 is 1.25 bits per heavy atom. The monoisotopic (exact) mass is 405 g/mol. The predicted octanol–water partition coefficient (Wildman–Crippen LogP) is 1.55. The molecule has 1 aromatic carbocycles. The van der Waals surface area contributed by atoms with Gasteiger partial charge in [-0.2, -0.15) is 0 Å². The van der Waals surface area contributed by atoms with Crippen molar-refractivity contribution in [3.8, 4) is 0 Å². The molecule has 7 nitrogen and oxygen atoms in total. The molecule has 3 aliphatic heterocycles. The van der Waals surface area contributed by atoms with Crippen LogP contribution in [0.3, 0.4) is 0 Å². The van der Waals surface area contributed by atoms with Crippen LogP contribution in [-0.4, -0.2) is 45.9 Å². The van der Waals surface area contributed by atoms with Crippen molar-refractivity contribution in [1.29, 1.82) is 0 Å². The lowest BCUT2D eigenvalue weighted by Gasteiger charge is -2.31. The number of benzene rings is 1. The number of carbonyl (C=O) groups excluding carboxylic acids is 3. The minimum absolute atomic E-state index is 0.276. The van der Waals surface area contributed by atoms with Gasteiger partial charge in [-0.3, -0.25) is 24.6 Å². The Bertz CT molecular complexity index is 902. The van der Waals surface area contributed by atoms with E-state index in [9.17, 15) is 19.5 Å². The van der Waals surface area contributed by atoms with Crippen LogP contribution in [0.15, 0.2) is 12.1 Å². The van der Waals surface area contributed by atoms with Gasteiger partial charge in [0.1, 0.15) is 5.54 Å². The molecule has 28 heavy (non-hydrogen) atoms. The Morgan fingerprint density at radius 3 is 2.54 bits per heavy atom. The van der Waals surface area contributed by atoms with Gasteiger partial charge in [0.15, 0.2) is 0 Å². The molecule has 6 atom stereocenters. The minimum atomic E-state index is -1.42. The van der Waals surface area contributed by atoms with Crippen molar-refractivity contribution in [2.24, 2.45) is 11.8 Å². The number of anilines is 1. The van der Waals surface area contributed by atoms with Gasteiger partial charge in [0.05, 0.1) is 28.6 Å². The number of nitrogens with zero attached hydrogens (tertiary/aromatic N) is 1. The van der Waals surface area contributed by atoms with Crippen molar-refractivity contribution in [2.75, 3.05) is 5.32 Å². The van der Waals surface area contributed by atoms with Gasteiger partial charge in [0, 0.05) is 17.6 Å². The maximum Gasteiger partial charge on any atom is 0.250 e. The van der Waals surface area contributed by atoms with Gasteiger partial charge in [0.25, 0.3) is 0 Å². The molecule has 0 bridgehead atoms. The fraction of sp³-hybridized carbons (Fsp3) is 0.550. The van der Waals surface area contributed by atoms with Crippen molar-refractivity contribution in [3.63, 3.8) is 0 Å². The fourth-order valence-corrected chi connectivity index (χ4v) is 5.30. The molecule has 1 spiro atoms. The predicted molar refractivity (Wildman–Crippen MR) is 104 cm³/mol. The molecule has 0 radical (unpaired) electrons. The molecule has 0 saturated carbocycles. The number of aryl methyl sites for hydroxylation is 1. The van der Waals surface area contributed by atoms with E-state index in [4.69, 9.17) is 11.6 Å². The molecule has 150 valence electrons. The molecule has 3 aliphatic rings. The van der Waals surface area contributed by atoms with Crippen LogP contribution < -0.4 is 10.6 Å². The Balaban J connectivity index is 1.94. The number of imide groups is 1. The van der Waals surface area contributed by atoms with Crippen LogP contribution in [0.5, 0.6) is 0 Å². The summed E-state index contributed by atoms with van der Waals surface area (Å²) < 4.78 is 0. The second-order valence-electron chi connectivity index (χ2n) is 8.15. The highest BCUT2D eigenvalue weighted by Crippen LogP contribution is 2.55. The van der Waals surface area contributed by atoms with Gasteiger partial charge in [0.2, 0.25) is 17.7 Å². The van der Waals surface area contributed by atoms with Crippen molar-refractivity contribution in [1.82, 2.24) is 10.2 Å². The molecule has 2 saturated heterocycles. The smallest absolute Gasteiger partial charge is 0.250 e. The van der Waals surface area contributed by atoms with E-state index in [-0.39, 0.29) is 17.9 Å². The lowest BCUT2D eigenvalue weighted by atomic mass is 9.76. The molecule has 3 amide bonds. The summed E-state index contributed by atoms with van der Waals surface area (Å²) in [6, 6.07) is 2.57. The molecular formula is C20H24ClN3O4. The third-order valence-electron chi connectivity index (χ3n) is 6.44. The van der Waals surface area contributed by atoms with Gasteiger partial charge in [-0.1, -0.05) is 24.6 Å². The van der Waals surface area contributed by atoms with E-state index in [2.05, 4.69) is 10.6 Å². The lowest BCUT2D eigenvalue weighted by molar-refractivity contribution is -0.145. The molecule has 2 fully saturated rings. The highest BCUT2D eigenvalue weighted by molar-refractivity contribution is 6.35. The first-order valence-corrected chi connectivity index (χ1v) is 9.97. The van der Waals surface area contributed by atoms with E-state index in [1.54, 1.807) is 13.0 Å². The molecule has 1 aromatic rings. The summed E-state index contributed by atoms with van der Waals surface area (Å²) in [5, 5.41) is 16.7. The maximum atomic E-state index is 13.4. The zero-order chi connectivity index (χ0) is 20.5. The molecule has 4 rings (SSSR count). The number of halogens is 1. The van der Waals surface area contributed by atoms with Crippen molar-refractivity contribution in [2.45, 2.75) is 57.8 Å². The van der Waals surface area contributed by atoms with Crippen molar-refractivity contribution < 1.29 is 19.5 Å². The number of amides is 3. The highest BCUT2D eigenvalue weighted by atomic mass is 35.5. The molecule has 0 unspecified atom stereocenters. The molecule has 3 heterocycles. The highest BCUT2D eigenvalue weighted by Gasteiger charge is 2.71. The minimum Gasteiger partial charge on any atom is -0.392 e. The number of hydrogen-bond donors (Lipinski definition) is 3. The maximum absolute atomic E-state index is 13.4. The van der Waals surface area contributed by atoms with Gasteiger partial charge in [-0.25, -0.2) is 0 Å². The number of fused-ring (bicyclic) bond motifs is 4. The normalized spacial score (nSPS) is 33.3. The second-order valence-corrected chi connectivity index (χ2v) is 8.56. The van der Waals surface area contributed by atoms with E-state index < -0.39 is 35.4 Å². The first kappa shape index (κ1) is 19.4. The van der Waals surface area contributed by atoms with E-state index >= 15 is 0 Å².